The summed E-state index contributed by atoms with van der Waals surface area (Å²) >= 11 is 1.41. The number of hydrogen-bond acceptors (Lipinski definition) is 3. The summed E-state index contributed by atoms with van der Waals surface area (Å²) in [5.74, 6) is 0.370. The predicted octanol–water partition coefficient (Wildman–Crippen LogP) is 3.99. The first-order chi connectivity index (χ1) is 8.54. The highest BCUT2D eigenvalue weighted by Gasteiger charge is 2.09. The third-order valence-electron chi connectivity index (χ3n) is 2.87. The Hall–Kier alpha value is -0.840. The Kier molecular flexibility index (Phi) is 6.39. The Labute approximate surface area is 113 Å². The van der Waals surface area contributed by atoms with Crippen molar-refractivity contribution in [3.8, 4) is 0 Å². The number of nitrogens with zero attached hydrogens (tertiary/aromatic N) is 3. The largest absolute Gasteiger partial charge is 0.252 e. The van der Waals surface area contributed by atoms with Gasteiger partial charge in [0, 0.05) is 24.1 Å². The van der Waals surface area contributed by atoms with Gasteiger partial charge in [0.2, 0.25) is 0 Å². The van der Waals surface area contributed by atoms with Crippen molar-refractivity contribution in [1.82, 2.24) is 15.0 Å². The molecule has 102 valence electrons. The SMILES string of the molecule is CS/C=C(\F)C(C)CCCn1cc(C(C)C)nn1. The minimum atomic E-state index is -0.0241. The molecule has 3 nitrogen and oxygen atoms in total. The summed E-state index contributed by atoms with van der Waals surface area (Å²) in [5, 5.41) is 9.75. The van der Waals surface area contributed by atoms with E-state index in [4.69, 9.17) is 0 Å². The third-order valence-corrected chi connectivity index (χ3v) is 3.33. The van der Waals surface area contributed by atoms with Crippen LogP contribution < -0.4 is 0 Å². The molecule has 0 aliphatic heterocycles. The van der Waals surface area contributed by atoms with Gasteiger partial charge < -0.3 is 0 Å². The Balaban J connectivity index is 2.35. The first-order valence-corrected chi connectivity index (χ1v) is 7.61. The molecule has 1 heterocycles. The maximum absolute atomic E-state index is 13.4. The summed E-state index contributed by atoms with van der Waals surface area (Å²) in [6, 6.07) is 0. The van der Waals surface area contributed by atoms with Crippen molar-refractivity contribution in [2.24, 2.45) is 5.92 Å². The molecule has 0 aliphatic carbocycles. The second kappa shape index (κ2) is 7.56. The molecule has 1 rings (SSSR count). The lowest BCUT2D eigenvalue weighted by molar-refractivity contribution is 0.433. The van der Waals surface area contributed by atoms with Crippen LogP contribution in [0.1, 0.15) is 45.2 Å². The van der Waals surface area contributed by atoms with Crippen LogP contribution in [0, 0.1) is 5.92 Å². The second-order valence-corrected chi connectivity index (χ2v) is 5.55. The molecule has 1 aromatic rings. The van der Waals surface area contributed by atoms with Gasteiger partial charge in [-0.2, -0.15) is 0 Å². The van der Waals surface area contributed by atoms with E-state index >= 15 is 0 Å². The Morgan fingerprint density at radius 3 is 2.78 bits per heavy atom. The zero-order valence-corrected chi connectivity index (χ0v) is 12.4. The number of allylic oxidation sites excluding steroid dienone is 1. The molecule has 0 saturated heterocycles. The molecule has 1 atom stereocenters. The molecule has 0 spiro atoms. The van der Waals surface area contributed by atoms with Crippen LogP contribution in [0.2, 0.25) is 0 Å². The Morgan fingerprint density at radius 2 is 2.22 bits per heavy atom. The van der Waals surface area contributed by atoms with E-state index < -0.39 is 0 Å². The fourth-order valence-corrected chi connectivity index (χ4v) is 2.07. The number of halogens is 1. The lowest BCUT2D eigenvalue weighted by Gasteiger charge is -2.08. The number of aryl methyl sites for hydroxylation is 1. The molecule has 0 amide bonds. The van der Waals surface area contributed by atoms with Gasteiger partial charge in [-0.15, -0.1) is 16.9 Å². The summed E-state index contributed by atoms with van der Waals surface area (Å²) in [6.45, 7) is 6.91. The van der Waals surface area contributed by atoms with E-state index in [2.05, 4.69) is 24.2 Å². The van der Waals surface area contributed by atoms with Gasteiger partial charge in [-0.1, -0.05) is 26.0 Å². The molecular weight excluding hydrogens is 249 g/mol. The first-order valence-electron chi connectivity index (χ1n) is 6.33. The Morgan fingerprint density at radius 1 is 1.50 bits per heavy atom. The maximum atomic E-state index is 13.4. The Bertz CT molecular complexity index is 387. The molecule has 0 aromatic carbocycles. The van der Waals surface area contributed by atoms with Crippen molar-refractivity contribution in [3.63, 3.8) is 0 Å². The number of aromatic nitrogens is 3. The number of rotatable bonds is 7. The van der Waals surface area contributed by atoms with Gasteiger partial charge in [-0.3, -0.25) is 4.68 Å². The van der Waals surface area contributed by atoms with Crippen LogP contribution in [0.3, 0.4) is 0 Å². The molecule has 1 aromatic heterocycles. The fraction of sp³-hybridized carbons (Fsp3) is 0.692. The minimum absolute atomic E-state index is 0.00876. The van der Waals surface area contributed by atoms with Crippen LogP contribution >= 0.6 is 11.8 Å². The van der Waals surface area contributed by atoms with E-state index in [1.54, 1.807) is 5.41 Å². The third kappa shape index (κ3) is 4.80. The van der Waals surface area contributed by atoms with Crippen LogP contribution in [0.5, 0.6) is 0 Å². The van der Waals surface area contributed by atoms with Crippen LogP contribution in [0.15, 0.2) is 17.4 Å². The van der Waals surface area contributed by atoms with Crippen molar-refractivity contribution in [1.29, 1.82) is 0 Å². The van der Waals surface area contributed by atoms with Crippen LogP contribution in [0.4, 0.5) is 4.39 Å². The highest BCUT2D eigenvalue weighted by Crippen LogP contribution is 2.20. The summed E-state index contributed by atoms with van der Waals surface area (Å²) in [4.78, 5) is 0. The van der Waals surface area contributed by atoms with Gasteiger partial charge in [0.25, 0.3) is 0 Å². The molecule has 0 N–H and O–H groups in total. The van der Waals surface area contributed by atoms with Crippen LogP contribution in [0.25, 0.3) is 0 Å². The summed E-state index contributed by atoms with van der Waals surface area (Å²) in [7, 11) is 0. The van der Waals surface area contributed by atoms with E-state index in [1.165, 1.54) is 11.8 Å². The van der Waals surface area contributed by atoms with E-state index in [1.807, 2.05) is 24.1 Å². The molecular formula is C13H22FN3S. The molecule has 0 radical (unpaired) electrons. The lowest BCUT2D eigenvalue weighted by atomic mass is 10.1. The van der Waals surface area contributed by atoms with Gasteiger partial charge in [-0.25, -0.2) is 4.39 Å². The van der Waals surface area contributed by atoms with Crippen LogP contribution in [-0.2, 0) is 6.54 Å². The first kappa shape index (κ1) is 15.2. The van der Waals surface area contributed by atoms with Crippen molar-refractivity contribution in [3.05, 3.63) is 23.1 Å². The molecule has 1 unspecified atom stereocenters. The van der Waals surface area contributed by atoms with E-state index in [9.17, 15) is 4.39 Å². The molecule has 5 heteroatoms. The zero-order valence-electron chi connectivity index (χ0n) is 11.6. The van der Waals surface area contributed by atoms with Crippen molar-refractivity contribution >= 4 is 11.8 Å². The van der Waals surface area contributed by atoms with Crippen molar-refractivity contribution < 1.29 is 4.39 Å². The fourth-order valence-electron chi connectivity index (χ4n) is 1.61. The van der Waals surface area contributed by atoms with Gasteiger partial charge in [0.05, 0.1) is 5.69 Å². The van der Waals surface area contributed by atoms with E-state index in [-0.39, 0.29) is 11.7 Å². The lowest BCUT2D eigenvalue weighted by Crippen LogP contribution is -2.02. The van der Waals surface area contributed by atoms with Crippen molar-refractivity contribution in [2.75, 3.05) is 6.26 Å². The monoisotopic (exact) mass is 271 g/mol. The van der Waals surface area contributed by atoms with E-state index in [0.29, 0.717) is 5.92 Å². The topological polar surface area (TPSA) is 30.7 Å². The molecule has 0 bridgehead atoms. The predicted molar refractivity (Wildman–Crippen MR) is 75.2 cm³/mol. The maximum Gasteiger partial charge on any atom is 0.109 e. The smallest absolute Gasteiger partial charge is 0.109 e. The average Bonchev–Trinajstić information content (AvgIpc) is 2.78. The van der Waals surface area contributed by atoms with E-state index in [0.717, 1.165) is 25.1 Å². The average molecular weight is 271 g/mol. The minimum Gasteiger partial charge on any atom is -0.252 e. The quantitative estimate of drug-likeness (QED) is 0.751. The summed E-state index contributed by atoms with van der Waals surface area (Å²) < 4.78 is 15.3. The highest BCUT2D eigenvalue weighted by molar-refractivity contribution is 8.01. The van der Waals surface area contributed by atoms with Gasteiger partial charge in [-0.05, 0) is 25.0 Å². The summed E-state index contributed by atoms with van der Waals surface area (Å²) in [6.07, 6.45) is 5.59. The zero-order chi connectivity index (χ0) is 13.5. The second-order valence-electron chi connectivity index (χ2n) is 4.84. The molecule has 18 heavy (non-hydrogen) atoms. The molecule has 0 saturated carbocycles. The van der Waals surface area contributed by atoms with Crippen molar-refractivity contribution in [2.45, 2.75) is 46.1 Å². The highest BCUT2D eigenvalue weighted by atomic mass is 32.2. The normalized spacial score (nSPS) is 14.2. The number of thioether (sulfide) groups is 1. The standard InChI is InChI=1S/C13H22FN3S/c1-10(2)13-8-17(16-15-13)7-5-6-11(3)12(14)9-18-4/h8-11H,5-7H2,1-4H3/b12-9-. The molecule has 0 aliphatic rings. The van der Waals surface area contributed by atoms with Gasteiger partial charge in [0.15, 0.2) is 0 Å². The van der Waals surface area contributed by atoms with Gasteiger partial charge in [0.1, 0.15) is 5.83 Å². The van der Waals surface area contributed by atoms with Crippen LogP contribution in [-0.4, -0.2) is 21.2 Å². The summed E-state index contributed by atoms with van der Waals surface area (Å²) in [5.41, 5.74) is 1.01. The van der Waals surface area contributed by atoms with Gasteiger partial charge >= 0.3 is 0 Å². The molecule has 0 fully saturated rings. The number of hydrogen-bond donors (Lipinski definition) is 0.